The first kappa shape index (κ1) is 29.9. The van der Waals surface area contributed by atoms with Gasteiger partial charge in [-0.3, -0.25) is 4.84 Å². The van der Waals surface area contributed by atoms with Crippen LogP contribution in [0.5, 0.6) is 0 Å². The Balaban J connectivity index is 1.94. The standard InChI is InChI=1S/C24H39Cl2N3O6/c1-24(2)21(32-3)20(34-23(27)31)19(30)22(35-24)29(33-4)14-6-5-7-17-8-10-18(11-9-17)28(15-12-25)16-13-26/h8-11,19-22,30H,5-7,12-16H2,1-4H3,(H2,27,31)/t19-,20+,21-,22?/m1/s1. The number of nitrogens with zero attached hydrogens (tertiary/aromatic N) is 2. The Hall–Kier alpha value is -1.33. The molecule has 11 heteroatoms. The Labute approximate surface area is 218 Å². The number of hydrogen-bond donors (Lipinski definition) is 2. The smallest absolute Gasteiger partial charge is 0.404 e. The molecular formula is C24H39Cl2N3O6. The number of hydroxylamine groups is 2. The van der Waals surface area contributed by atoms with Crippen LogP contribution < -0.4 is 10.6 Å². The number of carbonyl (C=O) groups is 1. The van der Waals surface area contributed by atoms with Crippen LogP contribution in [0.2, 0.25) is 0 Å². The van der Waals surface area contributed by atoms with E-state index in [1.807, 2.05) is 0 Å². The van der Waals surface area contributed by atoms with E-state index in [4.69, 9.17) is 48.0 Å². The summed E-state index contributed by atoms with van der Waals surface area (Å²) in [6, 6.07) is 8.42. The lowest BCUT2D eigenvalue weighted by atomic mass is 9.88. The highest BCUT2D eigenvalue weighted by molar-refractivity contribution is 6.18. The van der Waals surface area contributed by atoms with Crippen LogP contribution in [0, 0.1) is 0 Å². The second-order valence-corrected chi connectivity index (χ2v) is 9.73. The summed E-state index contributed by atoms with van der Waals surface area (Å²) in [6.07, 6.45) is -2.18. The number of aryl methyl sites for hydroxylation is 1. The number of ether oxygens (including phenoxy) is 3. The van der Waals surface area contributed by atoms with E-state index in [1.54, 1.807) is 18.9 Å². The van der Waals surface area contributed by atoms with E-state index in [2.05, 4.69) is 29.2 Å². The molecule has 0 spiro atoms. The summed E-state index contributed by atoms with van der Waals surface area (Å²) >= 11 is 11.8. The van der Waals surface area contributed by atoms with Crippen LogP contribution in [-0.2, 0) is 25.5 Å². The van der Waals surface area contributed by atoms with Crippen molar-refractivity contribution < 1.29 is 28.9 Å². The molecule has 0 radical (unpaired) electrons. The number of aliphatic hydroxyl groups excluding tert-OH is 1. The maximum atomic E-state index is 11.4. The van der Waals surface area contributed by atoms with Crippen molar-refractivity contribution in [3.05, 3.63) is 29.8 Å². The number of carbonyl (C=O) groups excluding carboxylic acids is 1. The predicted octanol–water partition coefficient (Wildman–Crippen LogP) is 3.13. The van der Waals surface area contributed by atoms with Crippen molar-refractivity contribution in [2.24, 2.45) is 5.73 Å². The van der Waals surface area contributed by atoms with E-state index in [9.17, 15) is 9.90 Å². The molecule has 0 bridgehead atoms. The minimum Gasteiger partial charge on any atom is -0.441 e. The topological polar surface area (TPSA) is 107 Å². The zero-order valence-electron chi connectivity index (χ0n) is 21.0. The van der Waals surface area contributed by atoms with Crippen molar-refractivity contribution in [3.8, 4) is 0 Å². The van der Waals surface area contributed by atoms with E-state index in [-0.39, 0.29) is 0 Å². The van der Waals surface area contributed by atoms with Crippen LogP contribution in [-0.4, -0.2) is 92.0 Å². The molecule has 2 rings (SSSR count). The van der Waals surface area contributed by atoms with E-state index >= 15 is 0 Å². The number of amides is 1. The summed E-state index contributed by atoms with van der Waals surface area (Å²) < 4.78 is 16.8. The van der Waals surface area contributed by atoms with E-state index in [1.165, 1.54) is 19.8 Å². The lowest BCUT2D eigenvalue weighted by Crippen LogP contribution is -2.67. The first-order valence-electron chi connectivity index (χ1n) is 11.8. The Morgan fingerprint density at radius 3 is 2.26 bits per heavy atom. The molecule has 9 nitrogen and oxygen atoms in total. The highest BCUT2D eigenvalue weighted by Crippen LogP contribution is 2.34. The van der Waals surface area contributed by atoms with Gasteiger partial charge in [-0.05, 0) is 50.8 Å². The normalized spacial score (nSPS) is 23.9. The molecule has 0 aromatic heterocycles. The van der Waals surface area contributed by atoms with Crippen LogP contribution in [0.4, 0.5) is 10.5 Å². The molecule has 1 unspecified atom stereocenters. The van der Waals surface area contributed by atoms with Gasteiger partial charge in [-0.1, -0.05) is 12.1 Å². The Morgan fingerprint density at radius 1 is 1.11 bits per heavy atom. The fourth-order valence-electron chi connectivity index (χ4n) is 4.46. The molecule has 1 saturated heterocycles. The minimum atomic E-state index is -1.21. The van der Waals surface area contributed by atoms with Crippen molar-refractivity contribution in [3.63, 3.8) is 0 Å². The van der Waals surface area contributed by atoms with Gasteiger partial charge in [0, 0.05) is 44.2 Å². The number of unbranched alkanes of at least 4 members (excludes halogenated alkanes) is 1. The molecule has 1 amide bonds. The fraction of sp³-hybridized carbons (Fsp3) is 0.708. The summed E-state index contributed by atoms with van der Waals surface area (Å²) in [5.41, 5.74) is 6.69. The molecule has 0 saturated carbocycles. The number of benzene rings is 1. The first-order valence-corrected chi connectivity index (χ1v) is 12.9. The average Bonchev–Trinajstić information content (AvgIpc) is 2.81. The third-order valence-corrected chi connectivity index (χ3v) is 6.50. The molecule has 200 valence electrons. The molecule has 4 atom stereocenters. The van der Waals surface area contributed by atoms with Crippen molar-refractivity contribution in [1.82, 2.24) is 5.06 Å². The van der Waals surface area contributed by atoms with Gasteiger partial charge in [0.2, 0.25) is 0 Å². The highest BCUT2D eigenvalue weighted by Gasteiger charge is 2.53. The number of alkyl halides is 2. The monoisotopic (exact) mass is 535 g/mol. The Morgan fingerprint density at radius 2 is 1.74 bits per heavy atom. The van der Waals surface area contributed by atoms with Crippen molar-refractivity contribution in [2.75, 3.05) is 50.5 Å². The number of hydrogen-bond acceptors (Lipinski definition) is 8. The number of halogens is 2. The van der Waals surface area contributed by atoms with Crippen LogP contribution in [0.25, 0.3) is 0 Å². The molecule has 1 aliphatic heterocycles. The van der Waals surface area contributed by atoms with E-state index in [0.717, 1.165) is 38.0 Å². The molecule has 35 heavy (non-hydrogen) atoms. The summed E-state index contributed by atoms with van der Waals surface area (Å²) in [5, 5.41) is 12.5. The summed E-state index contributed by atoms with van der Waals surface area (Å²) in [6.45, 7) is 5.62. The Kier molecular flexibility index (Phi) is 12.3. The number of nitrogens with two attached hydrogens (primary N) is 1. The van der Waals surface area contributed by atoms with Crippen molar-refractivity contribution in [1.29, 1.82) is 0 Å². The summed E-state index contributed by atoms with van der Waals surface area (Å²) in [7, 11) is 2.98. The summed E-state index contributed by atoms with van der Waals surface area (Å²) in [5.74, 6) is 1.10. The number of aliphatic hydroxyl groups is 1. The van der Waals surface area contributed by atoms with Crippen LogP contribution in [0.1, 0.15) is 32.3 Å². The minimum absolute atomic E-state index is 0.507. The molecular weight excluding hydrogens is 497 g/mol. The van der Waals surface area contributed by atoms with Gasteiger partial charge in [-0.25, -0.2) is 4.79 Å². The third-order valence-electron chi connectivity index (χ3n) is 6.17. The molecule has 3 N–H and O–H groups in total. The van der Waals surface area contributed by atoms with Crippen molar-refractivity contribution in [2.45, 2.75) is 63.3 Å². The fourth-order valence-corrected chi connectivity index (χ4v) is 4.87. The molecule has 1 fully saturated rings. The van der Waals surface area contributed by atoms with Gasteiger partial charge in [0.15, 0.2) is 12.3 Å². The molecule has 1 aromatic rings. The highest BCUT2D eigenvalue weighted by atomic mass is 35.5. The molecule has 0 aliphatic carbocycles. The Bertz CT molecular complexity index is 764. The molecule has 1 aromatic carbocycles. The van der Waals surface area contributed by atoms with Gasteiger partial charge in [0.05, 0.1) is 12.7 Å². The largest absolute Gasteiger partial charge is 0.441 e. The second kappa shape index (κ2) is 14.4. The lowest BCUT2D eigenvalue weighted by Gasteiger charge is -2.50. The van der Waals surface area contributed by atoms with Crippen molar-refractivity contribution >= 4 is 35.0 Å². The predicted molar refractivity (Wildman–Crippen MR) is 137 cm³/mol. The van der Waals surface area contributed by atoms with E-state index in [0.29, 0.717) is 18.3 Å². The number of anilines is 1. The van der Waals surface area contributed by atoms with E-state index < -0.39 is 36.2 Å². The van der Waals surface area contributed by atoms with Gasteiger partial charge >= 0.3 is 6.09 Å². The second-order valence-electron chi connectivity index (χ2n) is 8.97. The number of primary amides is 1. The summed E-state index contributed by atoms with van der Waals surface area (Å²) in [4.78, 5) is 19.1. The van der Waals surface area contributed by atoms with Crippen LogP contribution >= 0.6 is 23.2 Å². The van der Waals surface area contributed by atoms with Crippen LogP contribution in [0.15, 0.2) is 24.3 Å². The van der Waals surface area contributed by atoms with Gasteiger partial charge in [0.25, 0.3) is 0 Å². The zero-order chi connectivity index (χ0) is 26.0. The molecule has 1 heterocycles. The van der Waals surface area contributed by atoms with Gasteiger partial charge in [0.1, 0.15) is 12.2 Å². The SMILES string of the molecule is CO[C@@H]1[C@@H](OC(N)=O)[C@@H](O)C(N(CCCCc2ccc(N(CCCl)CCCl)cc2)OC)OC1(C)C. The van der Waals surface area contributed by atoms with Crippen LogP contribution in [0.3, 0.4) is 0 Å². The first-order chi connectivity index (χ1) is 16.7. The number of methoxy groups -OCH3 is 1. The third kappa shape index (κ3) is 8.35. The van der Waals surface area contributed by atoms with Gasteiger partial charge in [-0.2, -0.15) is 5.06 Å². The zero-order valence-corrected chi connectivity index (χ0v) is 22.5. The average molecular weight is 536 g/mol. The molecule has 1 aliphatic rings. The lowest BCUT2D eigenvalue weighted by molar-refractivity contribution is -0.346. The maximum Gasteiger partial charge on any atom is 0.404 e. The quantitative estimate of drug-likeness (QED) is 0.212. The van der Waals surface area contributed by atoms with Gasteiger partial charge < -0.3 is 30.0 Å². The number of rotatable bonds is 14. The van der Waals surface area contributed by atoms with Gasteiger partial charge in [-0.15, -0.1) is 23.2 Å². The maximum absolute atomic E-state index is 11.4.